The highest BCUT2D eigenvalue weighted by Crippen LogP contribution is 1.26. The van der Waals surface area contributed by atoms with Gasteiger partial charge in [0.15, 0.2) is 0 Å². The van der Waals surface area contributed by atoms with Gasteiger partial charge in [-0.2, -0.15) is 0 Å². The van der Waals surface area contributed by atoms with Gasteiger partial charge in [0.05, 0.1) is 0 Å². The van der Waals surface area contributed by atoms with Gasteiger partial charge in [0.2, 0.25) is 0 Å². The second-order valence-electron chi connectivity index (χ2n) is 0.910. The number of nitrogens with two attached hydrogens (primary N) is 4. The summed E-state index contributed by atoms with van der Waals surface area (Å²) in [5.41, 5.74) is 17.0. The van der Waals surface area contributed by atoms with Crippen LogP contribution in [0, 0.1) is 0 Å². The molecule has 9 N–H and O–H groups in total. The van der Waals surface area contributed by atoms with E-state index in [1.807, 2.05) is 0 Å². The molecule has 66 valence electrons. The van der Waals surface area contributed by atoms with Crippen LogP contribution in [0.25, 0.3) is 0 Å². The molecule has 0 aliphatic carbocycles. The predicted octanol–water partition coefficient (Wildman–Crippen LogP) is -2.25. The fraction of sp³-hybridized carbons (Fsp3) is 0. The van der Waals surface area contributed by atoms with E-state index in [0.717, 1.165) is 0 Å². The van der Waals surface area contributed by atoms with E-state index in [9.17, 15) is 0 Å². The van der Waals surface area contributed by atoms with Gasteiger partial charge in [0, 0.05) is 0 Å². The Morgan fingerprint density at radius 1 is 1.00 bits per heavy atom. The molecule has 0 saturated carbocycles. The van der Waals surface area contributed by atoms with Crippen LogP contribution >= 0.6 is 0 Å². The largest absolute Gasteiger partial charge is 0.483 e. The molecule has 0 aromatic carbocycles. The Kier molecular flexibility index (Phi) is 22.8. The standard InChI is InChI=1S/2CH4N2O.CH2O2/c2*2-1(3)4;2-1-3/h2*(H4,2,3,4);1H,(H,2,3). The summed E-state index contributed by atoms with van der Waals surface area (Å²) >= 11 is 0. The highest BCUT2D eigenvalue weighted by atomic mass is 16.3. The lowest BCUT2D eigenvalue weighted by molar-refractivity contribution is -0.122. The Hall–Kier alpha value is -1.99. The van der Waals surface area contributed by atoms with E-state index in [-0.39, 0.29) is 6.47 Å². The molecule has 8 heteroatoms. The van der Waals surface area contributed by atoms with Gasteiger partial charge in [-0.05, 0) is 0 Å². The lowest BCUT2D eigenvalue weighted by Crippen LogP contribution is -2.18. The molecule has 0 unspecified atom stereocenters. The van der Waals surface area contributed by atoms with Crippen molar-refractivity contribution in [2.45, 2.75) is 0 Å². The van der Waals surface area contributed by atoms with Gasteiger partial charge in [0.1, 0.15) is 0 Å². The smallest absolute Gasteiger partial charge is 0.309 e. The first-order valence-electron chi connectivity index (χ1n) is 2.06. The summed E-state index contributed by atoms with van der Waals surface area (Å²) in [5.74, 6) is 0. The van der Waals surface area contributed by atoms with Crippen LogP contribution in [0.1, 0.15) is 0 Å². The van der Waals surface area contributed by atoms with E-state index in [4.69, 9.17) is 19.5 Å². The second-order valence-corrected chi connectivity index (χ2v) is 0.910. The molecule has 0 aromatic heterocycles. The fourth-order valence-corrected chi connectivity index (χ4v) is 0. The Morgan fingerprint density at radius 2 is 1.00 bits per heavy atom. The van der Waals surface area contributed by atoms with Crippen LogP contribution in [-0.2, 0) is 4.79 Å². The minimum atomic E-state index is -0.833. The molecule has 0 saturated heterocycles. The molecule has 0 aromatic rings. The topological polar surface area (TPSA) is 176 Å². The highest BCUT2D eigenvalue weighted by molar-refractivity contribution is 5.69. The first kappa shape index (κ1) is 16.0. The quantitative estimate of drug-likeness (QED) is 0.255. The number of carbonyl (C=O) groups is 3. The van der Waals surface area contributed by atoms with Crippen LogP contribution in [0.4, 0.5) is 9.59 Å². The van der Waals surface area contributed by atoms with Gasteiger partial charge in [-0.15, -0.1) is 0 Å². The fourth-order valence-electron chi connectivity index (χ4n) is 0. The summed E-state index contributed by atoms with van der Waals surface area (Å²) in [4.78, 5) is 26.4. The number of urea groups is 2. The van der Waals surface area contributed by atoms with Crippen molar-refractivity contribution in [1.82, 2.24) is 0 Å². The van der Waals surface area contributed by atoms with Crippen molar-refractivity contribution >= 4 is 18.5 Å². The van der Waals surface area contributed by atoms with Crippen LogP contribution in [0.2, 0.25) is 0 Å². The molecule has 0 bridgehead atoms. The summed E-state index contributed by atoms with van der Waals surface area (Å²) < 4.78 is 0. The minimum Gasteiger partial charge on any atom is -0.483 e. The lowest BCUT2D eigenvalue weighted by Gasteiger charge is -1.62. The maximum Gasteiger partial charge on any atom is 0.309 e. The van der Waals surface area contributed by atoms with Crippen molar-refractivity contribution in [3.63, 3.8) is 0 Å². The molecule has 4 amide bonds. The minimum absolute atomic E-state index is 0.250. The van der Waals surface area contributed by atoms with E-state index < -0.39 is 12.1 Å². The zero-order valence-electron chi connectivity index (χ0n) is 5.56. The number of hydrogen-bond acceptors (Lipinski definition) is 3. The Morgan fingerprint density at radius 3 is 1.00 bits per heavy atom. The van der Waals surface area contributed by atoms with Crippen molar-refractivity contribution in [3.8, 4) is 0 Å². The van der Waals surface area contributed by atoms with Gasteiger partial charge >= 0.3 is 12.1 Å². The van der Waals surface area contributed by atoms with Crippen molar-refractivity contribution in [2.24, 2.45) is 22.9 Å². The molecule has 8 nitrogen and oxygen atoms in total. The first-order valence-corrected chi connectivity index (χ1v) is 2.06. The summed E-state index contributed by atoms with van der Waals surface area (Å²) in [6.45, 7) is -0.250. The van der Waals surface area contributed by atoms with Crippen molar-refractivity contribution in [3.05, 3.63) is 0 Å². The zero-order valence-corrected chi connectivity index (χ0v) is 5.56. The molecule has 0 heterocycles. The second kappa shape index (κ2) is 15.7. The number of primary amides is 4. The van der Waals surface area contributed by atoms with Gasteiger partial charge in [-0.3, -0.25) is 4.79 Å². The number of amides is 4. The summed E-state index contributed by atoms with van der Waals surface area (Å²) in [7, 11) is 0. The van der Waals surface area contributed by atoms with E-state index in [1.165, 1.54) is 0 Å². The molecular formula is C3H10N4O4. The van der Waals surface area contributed by atoms with Gasteiger partial charge in [-0.1, -0.05) is 0 Å². The van der Waals surface area contributed by atoms with Crippen molar-refractivity contribution < 1.29 is 19.5 Å². The lowest BCUT2D eigenvalue weighted by atomic mass is 11.2. The Balaban J connectivity index is -0.0000000886. The summed E-state index contributed by atoms with van der Waals surface area (Å²) in [5, 5.41) is 6.89. The maximum atomic E-state index is 9.00. The maximum absolute atomic E-state index is 9.00. The molecule has 11 heavy (non-hydrogen) atoms. The van der Waals surface area contributed by atoms with E-state index in [1.54, 1.807) is 0 Å². The van der Waals surface area contributed by atoms with Crippen molar-refractivity contribution in [1.29, 1.82) is 0 Å². The third kappa shape index (κ3) is 73.1. The Labute approximate surface area is 62.1 Å². The molecular weight excluding hydrogens is 156 g/mol. The Bertz CT molecular complexity index is 105. The number of carboxylic acid groups (broad SMARTS) is 1. The average molecular weight is 166 g/mol. The third-order valence-electron chi connectivity index (χ3n) is 0. The van der Waals surface area contributed by atoms with Gasteiger partial charge < -0.3 is 28.0 Å². The SMILES string of the molecule is NC(N)=O.NC(N)=O.O=CO. The van der Waals surface area contributed by atoms with E-state index >= 15 is 0 Å². The molecule has 0 atom stereocenters. The predicted molar refractivity (Wildman–Crippen MR) is 36.2 cm³/mol. The van der Waals surface area contributed by atoms with Gasteiger partial charge in [-0.25, -0.2) is 9.59 Å². The van der Waals surface area contributed by atoms with Crippen LogP contribution in [0.15, 0.2) is 0 Å². The van der Waals surface area contributed by atoms with Crippen molar-refractivity contribution in [2.75, 3.05) is 0 Å². The van der Waals surface area contributed by atoms with Crippen LogP contribution < -0.4 is 22.9 Å². The number of hydrogen-bond donors (Lipinski definition) is 5. The zero-order chi connectivity index (χ0) is 9.86. The highest BCUT2D eigenvalue weighted by Gasteiger charge is 1.61. The molecule has 0 fully saturated rings. The summed E-state index contributed by atoms with van der Waals surface area (Å²) in [6, 6.07) is -1.67. The van der Waals surface area contributed by atoms with E-state index in [0.29, 0.717) is 0 Å². The van der Waals surface area contributed by atoms with Crippen LogP contribution in [-0.4, -0.2) is 23.6 Å². The van der Waals surface area contributed by atoms with Gasteiger partial charge in [0.25, 0.3) is 6.47 Å². The molecule has 0 spiro atoms. The van der Waals surface area contributed by atoms with E-state index in [2.05, 4.69) is 22.9 Å². The first-order chi connectivity index (χ1) is 4.88. The van der Waals surface area contributed by atoms with Crippen LogP contribution in [0.5, 0.6) is 0 Å². The number of carbonyl (C=O) groups excluding carboxylic acids is 2. The normalized spacial score (nSPS) is 5.45. The molecule has 0 aliphatic heterocycles. The summed E-state index contributed by atoms with van der Waals surface area (Å²) in [6.07, 6.45) is 0. The monoisotopic (exact) mass is 166 g/mol. The van der Waals surface area contributed by atoms with Crippen LogP contribution in [0.3, 0.4) is 0 Å². The molecule has 0 aliphatic rings. The average Bonchev–Trinajstić information content (AvgIpc) is 1.60. The number of rotatable bonds is 0. The molecule has 0 radical (unpaired) electrons. The molecule has 0 rings (SSSR count). The third-order valence-corrected chi connectivity index (χ3v) is 0.